The number of nitrogens with zero attached hydrogens (tertiary/aromatic N) is 7. The van der Waals surface area contributed by atoms with Gasteiger partial charge in [-0.2, -0.15) is 10.2 Å². The molecule has 2 N–H and O–H groups in total. The number of nitrogens with one attached hydrogen (secondary N) is 1. The first kappa shape index (κ1) is 24.6. The van der Waals surface area contributed by atoms with Crippen molar-refractivity contribution in [1.29, 1.82) is 5.26 Å². The van der Waals surface area contributed by atoms with E-state index in [1.54, 1.807) is 24.4 Å². The number of aromatic nitrogens is 6. The van der Waals surface area contributed by atoms with Crippen LogP contribution in [0.4, 0.5) is 5.82 Å². The van der Waals surface area contributed by atoms with E-state index < -0.39 is 0 Å². The number of phenols is 1. The fourth-order valence-corrected chi connectivity index (χ4v) is 5.24. The Kier molecular flexibility index (Phi) is 5.61. The molecule has 1 aliphatic rings. The minimum absolute atomic E-state index is 0.170. The summed E-state index contributed by atoms with van der Waals surface area (Å²) in [4.78, 5) is 18.9. The standard InChI is InChI=1S/C31H26N8O2/c1-31(2)18-41-30-35-26-28(36-27(37-29(26)39(30)31)22-7-9-25-33-12-13-38(25)17-22)34-11-10-19-6-8-24(40)23(15-19)21-5-3-4-20(14-21)16-32/h3-9,12-15,17,40H,10-11,18H2,1-2H3,(H,34,36,37). The van der Waals surface area contributed by atoms with Crippen LogP contribution in [0.15, 0.2) is 73.2 Å². The van der Waals surface area contributed by atoms with Gasteiger partial charge < -0.3 is 19.6 Å². The maximum absolute atomic E-state index is 10.5. The molecule has 0 saturated heterocycles. The number of nitriles is 1. The fraction of sp³-hybridized carbons (Fsp3) is 0.194. The van der Waals surface area contributed by atoms with Gasteiger partial charge in [-0.15, -0.1) is 0 Å². The normalized spacial score (nSPS) is 13.7. The van der Waals surface area contributed by atoms with Crippen LogP contribution in [0.25, 0.3) is 39.3 Å². The van der Waals surface area contributed by atoms with Crippen LogP contribution in [0.1, 0.15) is 25.0 Å². The number of phenolic OH excluding ortho intramolecular Hbond substituents is 1. The predicted octanol–water partition coefficient (Wildman–Crippen LogP) is 5.17. The largest absolute Gasteiger partial charge is 0.507 e. The molecular formula is C31H26N8O2. The molecule has 0 aliphatic carbocycles. The molecule has 202 valence electrons. The molecule has 0 unspecified atom stereocenters. The lowest BCUT2D eigenvalue weighted by molar-refractivity contribution is 0.268. The van der Waals surface area contributed by atoms with Crippen molar-refractivity contribution in [3.05, 3.63) is 84.3 Å². The molecule has 0 atom stereocenters. The number of ether oxygens (including phenoxy) is 1. The SMILES string of the molecule is CC1(C)COc2nc3c(NCCc4ccc(O)c(-c5cccc(C#N)c5)c4)nc(-c4ccc5nccn5c4)nc3n21. The summed E-state index contributed by atoms with van der Waals surface area (Å²) in [6.45, 7) is 5.30. The van der Waals surface area contributed by atoms with E-state index in [1.807, 2.05) is 57.8 Å². The molecule has 4 aromatic heterocycles. The minimum Gasteiger partial charge on any atom is -0.507 e. The highest BCUT2D eigenvalue weighted by atomic mass is 16.5. The Labute approximate surface area is 235 Å². The van der Waals surface area contributed by atoms with Crippen molar-refractivity contribution in [2.45, 2.75) is 25.8 Å². The van der Waals surface area contributed by atoms with Gasteiger partial charge in [0.05, 0.1) is 17.2 Å². The number of hydrogen-bond acceptors (Lipinski definition) is 8. The summed E-state index contributed by atoms with van der Waals surface area (Å²) in [6, 6.07) is 19.4. The molecule has 10 heteroatoms. The molecule has 6 aromatic rings. The molecule has 7 rings (SSSR count). The first-order chi connectivity index (χ1) is 19.9. The lowest BCUT2D eigenvalue weighted by atomic mass is 9.99. The highest BCUT2D eigenvalue weighted by molar-refractivity contribution is 5.86. The Bertz CT molecular complexity index is 2000. The molecule has 0 radical (unpaired) electrons. The van der Waals surface area contributed by atoms with E-state index >= 15 is 0 Å². The summed E-state index contributed by atoms with van der Waals surface area (Å²) >= 11 is 0. The Morgan fingerprint density at radius 3 is 2.85 bits per heavy atom. The third kappa shape index (κ3) is 4.28. The third-order valence-electron chi connectivity index (χ3n) is 7.35. The van der Waals surface area contributed by atoms with Crippen LogP contribution in [0.5, 0.6) is 11.8 Å². The molecule has 41 heavy (non-hydrogen) atoms. The topological polar surface area (TPSA) is 126 Å². The van der Waals surface area contributed by atoms with Gasteiger partial charge >= 0.3 is 0 Å². The highest BCUT2D eigenvalue weighted by Gasteiger charge is 2.36. The van der Waals surface area contributed by atoms with Gasteiger partial charge in [-0.3, -0.25) is 4.57 Å². The van der Waals surface area contributed by atoms with Gasteiger partial charge in [0.15, 0.2) is 22.8 Å². The quantitative estimate of drug-likeness (QED) is 0.295. The average molecular weight is 543 g/mol. The van der Waals surface area contributed by atoms with Crippen LogP contribution in [0.3, 0.4) is 0 Å². The van der Waals surface area contributed by atoms with E-state index in [9.17, 15) is 10.4 Å². The second kappa shape index (κ2) is 9.34. The Morgan fingerprint density at radius 2 is 1.98 bits per heavy atom. The number of hydrogen-bond donors (Lipinski definition) is 2. The van der Waals surface area contributed by atoms with Crippen LogP contribution in [0, 0.1) is 11.3 Å². The van der Waals surface area contributed by atoms with Crippen LogP contribution in [-0.4, -0.2) is 47.2 Å². The molecular weight excluding hydrogens is 516 g/mol. The maximum Gasteiger partial charge on any atom is 0.299 e. The lowest BCUT2D eigenvalue weighted by Gasteiger charge is -2.18. The highest BCUT2D eigenvalue weighted by Crippen LogP contribution is 2.37. The zero-order chi connectivity index (χ0) is 28.1. The van der Waals surface area contributed by atoms with Crippen molar-refractivity contribution < 1.29 is 9.84 Å². The van der Waals surface area contributed by atoms with Crippen molar-refractivity contribution >= 4 is 22.6 Å². The summed E-state index contributed by atoms with van der Waals surface area (Å²) in [5, 5.41) is 23.3. The molecule has 1 aliphatic heterocycles. The summed E-state index contributed by atoms with van der Waals surface area (Å²) in [7, 11) is 0. The van der Waals surface area contributed by atoms with Gasteiger partial charge in [-0.05, 0) is 67.8 Å². The monoisotopic (exact) mass is 542 g/mol. The molecule has 2 aromatic carbocycles. The fourth-order valence-electron chi connectivity index (χ4n) is 5.24. The number of aromatic hydroxyl groups is 1. The molecule has 5 heterocycles. The summed E-state index contributed by atoms with van der Waals surface area (Å²) in [6.07, 6.45) is 6.29. The van der Waals surface area contributed by atoms with Crippen molar-refractivity contribution in [3.63, 3.8) is 0 Å². The van der Waals surface area contributed by atoms with Gasteiger partial charge in [0, 0.05) is 36.3 Å². The van der Waals surface area contributed by atoms with E-state index in [2.05, 4.69) is 30.2 Å². The first-order valence-electron chi connectivity index (χ1n) is 13.3. The Morgan fingerprint density at radius 1 is 1.07 bits per heavy atom. The Hall–Kier alpha value is -5.43. The number of fused-ring (bicyclic) bond motifs is 4. The predicted molar refractivity (Wildman–Crippen MR) is 155 cm³/mol. The van der Waals surface area contributed by atoms with Gasteiger partial charge in [0.2, 0.25) is 0 Å². The van der Waals surface area contributed by atoms with Crippen LogP contribution >= 0.6 is 0 Å². The van der Waals surface area contributed by atoms with Crippen LogP contribution in [0.2, 0.25) is 0 Å². The van der Waals surface area contributed by atoms with E-state index in [0.717, 1.165) is 22.3 Å². The van der Waals surface area contributed by atoms with Crippen molar-refractivity contribution in [1.82, 2.24) is 28.9 Å². The average Bonchev–Trinajstić information content (AvgIpc) is 3.68. The van der Waals surface area contributed by atoms with E-state index in [4.69, 9.17) is 19.7 Å². The second-order valence-electron chi connectivity index (χ2n) is 10.7. The Balaban J connectivity index is 1.22. The van der Waals surface area contributed by atoms with E-state index in [0.29, 0.717) is 59.5 Å². The summed E-state index contributed by atoms with van der Waals surface area (Å²) in [5.74, 6) is 1.37. The lowest BCUT2D eigenvalue weighted by Crippen LogP contribution is -2.25. The van der Waals surface area contributed by atoms with E-state index in [1.165, 1.54) is 0 Å². The summed E-state index contributed by atoms with van der Waals surface area (Å²) < 4.78 is 9.88. The molecule has 0 fully saturated rings. The molecule has 10 nitrogen and oxygen atoms in total. The number of rotatable bonds is 6. The number of pyridine rings is 1. The van der Waals surface area contributed by atoms with E-state index in [-0.39, 0.29) is 11.3 Å². The first-order valence-corrected chi connectivity index (χ1v) is 13.3. The van der Waals surface area contributed by atoms with Crippen LogP contribution in [-0.2, 0) is 12.0 Å². The number of anilines is 1. The smallest absolute Gasteiger partial charge is 0.299 e. The summed E-state index contributed by atoms with van der Waals surface area (Å²) in [5.41, 5.74) is 5.83. The zero-order valence-electron chi connectivity index (χ0n) is 22.5. The third-order valence-corrected chi connectivity index (χ3v) is 7.35. The van der Waals surface area contributed by atoms with Crippen molar-refractivity contribution in [3.8, 4) is 40.3 Å². The van der Waals surface area contributed by atoms with Crippen LogP contribution < -0.4 is 10.1 Å². The second-order valence-corrected chi connectivity index (χ2v) is 10.7. The molecule has 0 bridgehead atoms. The van der Waals surface area contributed by atoms with Gasteiger partial charge in [-0.1, -0.05) is 18.2 Å². The van der Waals surface area contributed by atoms with Crippen molar-refractivity contribution in [2.24, 2.45) is 0 Å². The minimum atomic E-state index is -0.299. The number of benzene rings is 2. The zero-order valence-corrected chi connectivity index (χ0v) is 22.5. The van der Waals surface area contributed by atoms with Crippen molar-refractivity contribution in [2.75, 3.05) is 18.5 Å². The van der Waals surface area contributed by atoms with Gasteiger partial charge in [0.25, 0.3) is 6.01 Å². The maximum atomic E-state index is 10.5. The number of imidazole rings is 2. The van der Waals surface area contributed by atoms with Gasteiger partial charge in [-0.25, -0.2) is 15.0 Å². The molecule has 0 saturated carbocycles. The molecule has 0 spiro atoms. The van der Waals surface area contributed by atoms with Gasteiger partial charge in [0.1, 0.15) is 18.0 Å². The molecule has 0 amide bonds.